The summed E-state index contributed by atoms with van der Waals surface area (Å²) < 4.78 is 0. The maximum atomic E-state index is 11.7. The molecule has 0 aromatic heterocycles. The Balaban J connectivity index is 0.000000172. The van der Waals surface area contributed by atoms with E-state index in [2.05, 4.69) is 58.3 Å². The van der Waals surface area contributed by atoms with Gasteiger partial charge in [0, 0.05) is 63.9 Å². The summed E-state index contributed by atoms with van der Waals surface area (Å²) >= 11 is 0. The van der Waals surface area contributed by atoms with Crippen LogP contribution in [0, 0.1) is 5.41 Å². The summed E-state index contributed by atoms with van der Waals surface area (Å²) in [6.45, 7) is 9.66. The summed E-state index contributed by atoms with van der Waals surface area (Å²) in [5, 5.41) is 0. The van der Waals surface area contributed by atoms with Gasteiger partial charge in [-0.1, -0.05) is 74.5 Å². The van der Waals surface area contributed by atoms with Crippen LogP contribution in [0.1, 0.15) is 44.2 Å². The summed E-state index contributed by atoms with van der Waals surface area (Å²) in [4.78, 5) is 27.4. The summed E-state index contributed by atoms with van der Waals surface area (Å²) in [5.41, 5.74) is 2.49. The van der Waals surface area contributed by atoms with Gasteiger partial charge in [-0.3, -0.25) is 19.4 Å². The van der Waals surface area contributed by atoms with Crippen LogP contribution in [0.2, 0.25) is 0 Å². The predicted octanol–water partition coefficient (Wildman–Crippen LogP) is 4.34. The molecule has 2 aromatic carbocycles. The number of ketones is 2. The Bertz CT molecular complexity index is 807. The van der Waals surface area contributed by atoms with Crippen LogP contribution in [0.3, 0.4) is 0 Å². The van der Waals surface area contributed by atoms with E-state index in [-0.39, 0.29) is 5.41 Å². The molecule has 2 aromatic rings. The van der Waals surface area contributed by atoms with E-state index < -0.39 is 0 Å². The fourth-order valence-electron chi connectivity index (χ4n) is 4.10. The summed E-state index contributed by atoms with van der Waals surface area (Å²) in [5.74, 6) is 0.811. The molecule has 2 heterocycles. The molecule has 0 aliphatic carbocycles. The van der Waals surface area contributed by atoms with Crippen LogP contribution in [0.4, 0.5) is 0 Å². The van der Waals surface area contributed by atoms with E-state index in [1.165, 1.54) is 11.1 Å². The number of nitrogens with zero attached hydrogens (tertiary/aromatic N) is 2. The average Bonchev–Trinajstić information content (AvgIpc) is 2.74. The molecule has 0 unspecified atom stereocenters. The molecule has 4 heteroatoms. The molecule has 0 N–H and O–H groups in total. The van der Waals surface area contributed by atoms with Crippen molar-refractivity contribution in [2.24, 2.45) is 5.41 Å². The second-order valence-corrected chi connectivity index (χ2v) is 9.05. The minimum atomic E-state index is -0.174. The lowest BCUT2D eigenvalue weighted by atomic mass is 9.82. The van der Waals surface area contributed by atoms with Crippen molar-refractivity contribution in [3.05, 3.63) is 71.8 Å². The zero-order valence-electron chi connectivity index (χ0n) is 18.3. The molecule has 30 heavy (non-hydrogen) atoms. The van der Waals surface area contributed by atoms with Gasteiger partial charge in [0.05, 0.1) is 0 Å². The lowest BCUT2D eigenvalue weighted by Gasteiger charge is -2.36. The number of carbonyl (C=O) groups excluding carboxylic acids is 2. The Hall–Kier alpha value is -2.30. The van der Waals surface area contributed by atoms with Gasteiger partial charge in [-0.25, -0.2) is 0 Å². The largest absolute Gasteiger partial charge is 0.300 e. The summed E-state index contributed by atoms with van der Waals surface area (Å²) in [6.07, 6.45) is 2.15. The summed E-state index contributed by atoms with van der Waals surface area (Å²) in [7, 11) is 0. The molecule has 0 bridgehead atoms. The van der Waals surface area contributed by atoms with Crippen molar-refractivity contribution in [2.75, 3.05) is 26.2 Å². The lowest BCUT2D eigenvalue weighted by molar-refractivity contribution is -0.131. The highest BCUT2D eigenvalue weighted by atomic mass is 16.1. The van der Waals surface area contributed by atoms with Gasteiger partial charge in [-0.2, -0.15) is 0 Å². The minimum Gasteiger partial charge on any atom is -0.300 e. The average molecular weight is 407 g/mol. The molecule has 2 saturated heterocycles. The highest BCUT2D eigenvalue weighted by molar-refractivity contribution is 5.85. The van der Waals surface area contributed by atoms with Crippen LogP contribution in [0.25, 0.3) is 0 Å². The molecule has 4 nitrogen and oxygen atoms in total. The van der Waals surface area contributed by atoms with Crippen molar-refractivity contribution in [3.63, 3.8) is 0 Å². The third-order valence-electron chi connectivity index (χ3n) is 5.94. The maximum absolute atomic E-state index is 11.7. The third kappa shape index (κ3) is 6.89. The highest BCUT2D eigenvalue weighted by Crippen LogP contribution is 2.26. The molecule has 2 fully saturated rings. The molecule has 160 valence electrons. The summed E-state index contributed by atoms with van der Waals surface area (Å²) in [6, 6.07) is 20.9. The SMILES string of the molecule is CC1(C)CN(Cc2ccccc2)CCC1=O.O=C1CCN(Cc2ccccc2)CC1. The number of carbonyl (C=O) groups is 2. The molecule has 0 saturated carbocycles. The second-order valence-electron chi connectivity index (χ2n) is 9.05. The zero-order valence-corrected chi connectivity index (χ0v) is 18.3. The van der Waals surface area contributed by atoms with E-state index in [9.17, 15) is 9.59 Å². The topological polar surface area (TPSA) is 40.6 Å². The number of hydrogen-bond donors (Lipinski definition) is 0. The monoisotopic (exact) mass is 406 g/mol. The number of Topliss-reactive ketones (excluding diaryl/α,β-unsaturated/α-hetero) is 2. The van der Waals surface area contributed by atoms with Gasteiger partial charge >= 0.3 is 0 Å². The van der Waals surface area contributed by atoms with Gasteiger partial charge < -0.3 is 0 Å². The zero-order chi connectivity index (χ0) is 21.4. The number of benzene rings is 2. The van der Waals surface area contributed by atoms with Crippen molar-refractivity contribution in [1.29, 1.82) is 0 Å². The Morgan fingerprint density at radius 1 is 0.700 bits per heavy atom. The first-order valence-corrected chi connectivity index (χ1v) is 11.0. The Labute approximate surface area is 180 Å². The van der Waals surface area contributed by atoms with Crippen molar-refractivity contribution < 1.29 is 9.59 Å². The van der Waals surface area contributed by atoms with Crippen molar-refractivity contribution in [2.45, 2.75) is 46.2 Å². The Morgan fingerprint density at radius 2 is 1.17 bits per heavy atom. The van der Waals surface area contributed by atoms with Crippen molar-refractivity contribution >= 4 is 11.6 Å². The first-order chi connectivity index (χ1) is 14.4. The van der Waals surface area contributed by atoms with Gasteiger partial charge in [0.2, 0.25) is 0 Å². The third-order valence-corrected chi connectivity index (χ3v) is 5.94. The van der Waals surface area contributed by atoms with E-state index in [0.717, 1.165) is 52.1 Å². The molecular formula is C26H34N2O2. The predicted molar refractivity (Wildman–Crippen MR) is 121 cm³/mol. The lowest BCUT2D eigenvalue weighted by Crippen LogP contribution is -2.45. The molecule has 0 atom stereocenters. The molecule has 0 radical (unpaired) electrons. The molecule has 2 aliphatic heterocycles. The molecular weight excluding hydrogens is 372 g/mol. The molecule has 0 spiro atoms. The Morgan fingerprint density at radius 3 is 1.67 bits per heavy atom. The number of hydrogen-bond acceptors (Lipinski definition) is 4. The van der Waals surface area contributed by atoms with Crippen LogP contribution in [0.15, 0.2) is 60.7 Å². The van der Waals surface area contributed by atoms with Crippen LogP contribution in [-0.4, -0.2) is 47.5 Å². The minimum absolute atomic E-state index is 0.174. The molecule has 0 amide bonds. The molecule has 2 aliphatic rings. The standard InChI is InChI=1S/C14H19NO.C12H15NO/c1-14(2)11-15(9-8-13(14)16)10-12-6-4-3-5-7-12;14-12-6-8-13(9-7-12)10-11-4-2-1-3-5-11/h3-7H,8-11H2,1-2H3;1-5H,6-10H2. The smallest absolute Gasteiger partial charge is 0.141 e. The van der Waals surface area contributed by atoms with Gasteiger partial charge in [-0.15, -0.1) is 0 Å². The van der Waals surface area contributed by atoms with E-state index >= 15 is 0 Å². The fourth-order valence-corrected chi connectivity index (χ4v) is 4.10. The fraction of sp³-hybridized carbons (Fsp3) is 0.462. The van der Waals surface area contributed by atoms with Crippen molar-refractivity contribution in [1.82, 2.24) is 9.80 Å². The van der Waals surface area contributed by atoms with Gasteiger partial charge in [0.25, 0.3) is 0 Å². The number of rotatable bonds is 4. The first kappa shape index (κ1) is 22.4. The number of piperidine rings is 2. The Kier molecular flexibility index (Phi) is 7.94. The van der Waals surface area contributed by atoms with Gasteiger partial charge in [0.15, 0.2) is 0 Å². The molecule has 4 rings (SSSR count). The van der Waals surface area contributed by atoms with Crippen LogP contribution >= 0.6 is 0 Å². The van der Waals surface area contributed by atoms with Gasteiger partial charge in [-0.05, 0) is 11.1 Å². The van der Waals surface area contributed by atoms with Crippen molar-refractivity contribution in [3.8, 4) is 0 Å². The van der Waals surface area contributed by atoms with E-state index in [0.29, 0.717) is 18.0 Å². The maximum Gasteiger partial charge on any atom is 0.141 e. The van der Waals surface area contributed by atoms with Crippen LogP contribution in [-0.2, 0) is 22.7 Å². The van der Waals surface area contributed by atoms with E-state index in [1.54, 1.807) is 0 Å². The van der Waals surface area contributed by atoms with Crippen LogP contribution < -0.4 is 0 Å². The van der Waals surface area contributed by atoms with Crippen LogP contribution in [0.5, 0.6) is 0 Å². The normalized spacial score (nSPS) is 19.8. The highest BCUT2D eigenvalue weighted by Gasteiger charge is 2.33. The quantitative estimate of drug-likeness (QED) is 0.757. The van der Waals surface area contributed by atoms with Gasteiger partial charge in [0.1, 0.15) is 11.6 Å². The van der Waals surface area contributed by atoms with E-state index in [1.807, 2.05) is 26.0 Å². The second kappa shape index (κ2) is 10.6. The number of likely N-dealkylation sites (tertiary alicyclic amines) is 2. The first-order valence-electron chi connectivity index (χ1n) is 11.0. The van der Waals surface area contributed by atoms with E-state index in [4.69, 9.17) is 0 Å².